The number of likely N-dealkylation sites (tertiary alicyclic amines) is 1. The summed E-state index contributed by atoms with van der Waals surface area (Å²) in [7, 11) is 0. The first kappa shape index (κ1) is 25.0. The summed E-state index contributed by atoms with van der Waals surface area (Å²) in [5, 5.41) is 10.5. The van der Waals surface area contributed by atoms with E-state index in [-0.39, 0.29) is 22.6 Å². The number of anilines is 1. The third-order valence-electron chi connectivity index (χ3n) is 8.84. The summed E-state index contributed by atoms with van der Waals surface area (Å²) in [6.07, 6.45) is 3.83. The molecule has 1 spiro atoms. The molecule has 196 valence electrons. The van der Waals surface area contributed by atoms with Gasteiger partial charge in [0.05, 0.1) is 11.2 Å². The van der Waals surface area contributed by atoms with E-state index >= 15 is 4.39 Å². The van der Waals surface area contributed by atoms with Crippen LogP contribution in [0.25, 0.3) is 11.1 Å². The first-order chi connectivity index (χ1) is 18.3. The van der Waals surface area contributed by atoms with Crippen molar-refractivity contribution in [2.24, 2.45) is 5.41 Å². The predicted molar refractivity (Wildman–Crippen MR) is 147 cm³/mol. The highest BCUT2D eigenvalue weighted by Gasteiger charge is 2.50. The maximum atomic E-state index is 15.3. The van der Waals surface area contributed by atoms with Crippen LogP contribution in [0.1, 0.15) is 60.5 Å². The third kappa shape index (κ3) is 3.90. The van der Waals surface area contributed by atoms with Crippen LogP contribution < -0.4 is 4.90 Å². The zero-order valence-corrected chi connectivity index (χ0v) is 23.0. The second kappa shape index (κ2) is 9.16. The maximum absolute atomic E-state index is 15.3. The van der Waals surface area contributed by atoms with E-state index in [2.05, 4.69) is 29.8 Å². The molecule has 6 nitrogen and oxygen atoms in total. The number of nitrogens with zero attached hydrogens (tertiary/aromatic N) is 5. The molecule has 0 N–H and O–H groups in total. The number of halogens is 1. The van der Waals surface area contributed by atoms with Crippen LogP contribution in [0.5, 0.6) is 0 Å². The fourth-order valence-electron chi connectivity index (χ4n) is 6.84. The predicted octanol–water partition coefficient (Wildman–Crippen LogP) is 5.42. The molecular formula is C30H32FN5OS. The van der Waals surface area contributed by atoms with Crippen molar-refractivity contribution in [1.29, 1.82) is 5.26 Å². The topological polar surface area (TPSA) is 73.1 Å². The molecule has 1 atom stereocenters. The van der Waals surface area contributed by atoms with Crippen LogP contribution in [0.4, 0.5) is 10.2 Å². The van der Waals surface area contributed by atoms with Crippen LogP contribution >= 0.6 is 11.3 Å². The van der Waals surface area contributed by atoms with E-state index in [9.17, 15) is 10.1 Å². The highest BCUT2D eigenvalue weighted by atomic mass is 32.1. The average molecular weight is 530 g/mol. The lowest BCUT2D eigenvalue weighted by molar-refractivity contribution is -0.141. The number of benzene rings is 1. The summed E-state index contributed by atoms with van der Waals surface area (Å²) in [5.74, 6) is 0.533. The number of nitriles is 1. The van der Waals surface area contributed by atoms with E-state index in [0.717, 1.165) is 68.8 Å². The molecule has 2 saturated heterocycles. The average Bonchev–Trinajstić information content (AvgIpc) is 3.54. The fraction of sp³-hybridized carbons (Fsp3) is 0.467. The van der Waals surface area contributed by atoms with E-state index in [4.69, 9.17) is 4.98 Å². The Hall–Kier alpha value is -3.31. The van der Waals surface area contributed by atoms with Gasteiger partial charge in [-0.15, -0.1) is 11.3 Å². The number of rotatable bonds is 4. The van der Waals surface area contributed by atoms with Crippen LogP contribution in [0.2, 0.25) is 0 Å². The van der Waals surface area contributed by atoms with Crippen LogP contribution in [-0.2, 0) is 23.1 Å². The minimum atomic E-state index is -0.319. The van der Waals surface area contributed by atoms with Crippen LogP contribution in [-0.4, -0.2) is 47.0 Å². The number of thiazole rings is 1. The van der Waals surface area contributed by atoms with Gasteiger partial charge in [0, 0.05) is 71.5 Å². The van der Waals surface area contributed by atoms with Gasteiger partial charge in [0.1, 0.15) is 23.3 Å². The van der Waals surface area contributed by atoms with E-state index in [1.807, 2.05) is 23.4 Å². The SMILES string of the molecule is CCC(=O)N1CC2(CCN(c3nc4c(c(-c5ccccc5F)c3C#N)CC[C@](C)(c3scnc3C)C4)C2)C1. The van der Waals surface area contributed by atoms with Gasteiger partial charge in [-0.2, -0.15) is 5.26 Å². The summed E-state index contributed by atoms with van der Waals surface area (Å²) in [6.45, 7) is 9.27. The molecule has 0 unspecified atom stereocenters. The van der Waals surface area contributed by atoms with Gasteiger partial charge < -0.3 is 9.80 Å². The Morgan fingerprint density at radius 2 is 2.03 bits per heavy atom. The Kier molecular flexibility index (Phi) is 6.03. The van der Waals surface area contributed by atoms with Gasteiger partial charge in [-0.1, -0.05) is 32.0 Å². The number of fused-ring (bicyclic) bond motifs is 1. The van der Waals surface area contributed by atoms with Gasteiger partial charge in [0.2, 0.25) is 5.91 Å². The highest BCUT2D eigenvalue weighted by Crippen LogP contribution is 2.48. The zero-order chi connectivity index (χ0) is 26.7. The minimum absolute atomic E-state index is 0.0432. The monoisotopic (exact) mass is 529 g/mol. The number of aryl methyl sites for hydroxylation is 1. The first-order valence-corrected chi connectivity index (χ1v) is 14.3. The molecule has 3 aliphatic rings. The molecule has 8 heteroatoms. The molecule has 3 aromatic rings. The van der Waals surface area contributed by atoms with E-state index in [1.54, 1.807) is 23.5 Å². The van der Waals surface area contributed by atoms with Crippen molar-refractivity contribution in [2.75, 3.05) is 31.1 Å². The molecule has 2 aromatic heterocycles. The molecule has 6 rings (SSSR count). The van der Waals surface area contributed by atoms with Crippen molar-refractivity contribution in [1.82, 2.24) is 14.9 Å². The van der Waals surface area contributed by atoms with Gasteiger partial charge in [-0.05, 0) is 37.8 Å². The van der Waals surface area contributed by atoms with Crippen LogP contribution in [0.3, 0.4) is 0 Å². The number of pyridine rings is 1. The van der Waals surface area contributed by atoms with Crippen molar-refractivity contribution in [3.8, 4) is 17.2 Å². The van der Waals surface area contributed by atoms with Crippen LogP contribution in [0.15, 0.2) is 29.8 Å². The Bertz CT molecular complexity index is 1470. The molecule has 1 amide bonds. The molecule has 0 bridgehead atoms. The van der Waals surface area contributed by atoms with Gasteiger partial charge in [-0.25, -0.2) is 14.4 Å². The lowest BCUT2D eigenvalue weighted by Gasteiger charge is -2.48. The molecule has 1 aliphatic carbocycles. The van der Waals surface area contributed by atoms with Gasteiger partial charge in [0.25, 0.3) is 0 Å². The second-order valence-corrected chi connectivity index (χ2v) is 12.3. The summed E-state index contributed by atoms with van der Waals surface area (Å²) in [6, 6.07) is 9.20. The summed E-state index contributed by atoms with van der Waals surface area (Å²) in [5.41, 5.74) is 6.48. The number of aromatic nitrogens is 2. The molecule has 2 aliphatic heterocycles. The maximum Gasteiger partial charge on any atom is 0.222 e. The van der Waals surface area contributed by atoms with E-state index in [1.165, 1.54) is 10.9 Å². The Morgan fingerprint density at radius 1 is 1.24 bits per heavy atom. The van der Waals surface area contributed by atoms with Crippen molar-refractivity contribution < 1.29 is 9.18 Å². The number of hydrogen-bond acceptors (Lipinski definition) is 6. The van der Waals surface area contributed by atoms with E-state index < -0.39 is 0 Å². The minimum Gasteiger partial charge on any atom is -0.355 e. The second-order valence-electron chi connectivity index (χ2n) is 11.5. The summed E-state index contributed by atoms with van der Waals surface area (Å²) < 4.78 is 15.3. The normalized spacial score (nSPS) is 21.8. The van der Waals surface area contributed by atoms with Crippen molar-refractivity contribution in [3.63, 3.8) is 0 Å². The largest absolute Gasteiger partial charge is 0.355 e. The van der Waals surface area contributed by atoms with Crippen molar-refractivity contribution in [3.05, 3.63) is 63.0 Å². The molecular weight excluding hydrogens is 497 g/mol. The molecule has 0 saturated carbocycles. The lowest BCUT2D eigenvalue weighted by atomic mass is 9.71. The number of amides is 1. The zero-order valence-electron chi connectivity index (χ0n) is 22.2. The third-order valence-corrected chi connectivity index (χ3v) is 10.1. The molecule has 38 heavy (non-hydrogen) atoms. The molecule has 1 aromatic carbocycles. The fourth-order valence-corrected chi connectivity index (χ4v) is 7.84. The highest BCUT2D eigenvalue weighted by molar-refractivity contribution is 7.09. The standard InChI is InChI=1S/C30H32FN5OS/c1-4-25(37)36-16-30(17-36)11-12-35(15-30)28-22(14-32)26(20-7-5-6-8-23(20)31)21-9-10-29(3,13-24(21)34-28)27-19(2)33-18-38-27/h5-8,18H,4,9-13,15-17H2,1-3H3/t29-/m0/s1. The van der Waals surface area contributed by atoms with Crippen LogP contribution in [0, 0.1) is 29.5 Å². The first-order valence-electron chi connectivity index (χ1n) is 13.4. The summed E-state index contributed by atoms with van der Waals surface area (Å²) in [4.78, 5) is 27.3. The van der Waals surface area contributed by atoms with Crippen molar-refractivity contribution in [2.45, 2.75) is 58.3 Å². The number of carbonyl (C=O) groups excluding carboxylic acids is 1. The molecule has 4 heterocycles. The lowest BCUT2D eigenvalue weighted by Crippen LogP contribution is -2.59. The van der Waals surface area contributed by atoms with Gasteiger partial charge in [-0.3, -0.25) is 4.79 Å². The quantitative estimate of drug-likeness (QED) is 0.451. The van der Waals surface area contributed by atoms with Gasteiger partial charge >= 0.3 is 0 Å². The van der Waals surface area contributed by atoms with Crippen molar-refractivity contribution >= 4 is 23.1 Å². The Labute approximate surface area is 227 Å². The van der Waals surface area contributed by atoms with Gasteiger partial charge in [0.15, 0.2) is 0 Å². The number of carbonyl (C=O) groups is 1. The Morgan fingerprint density at radius 3 is 2.71 bits per heavy atom. The molecule has 0 radical (unpaired) electrons. The number of hydrogen-bond donors (Lipinski definition) is 0. The summed E-state index contributed by atoms with van der Waals surface area (Å²) >= 11 is 1.69. The Balaban J connectivity index is 1.44. The molecule has 2 fully saturated rings. The smallest absolute Gasteiger partial charge is 0.222 e. The van der Waals surface area contributed by atoms with E-state index in [0.29, 0.717) is 28.9 Å².